The van der Waals surface area contributed by atoms with Crippen molar-refractivity contribution in [1.29, 1.82) is 0 Å². The van der Waals surface area contributed by atoms with Crippen LogP contribution in [-0.2, 0) is 20.9 Å². The molecule has 0 bridgehead atoms. The molecular formula is C22H23N3O3S. The van der Waals surface area contributed by atoms with E-state index in [2.05, 4.69) is 10.3 Å². The van der Waals surface area contributed by atoms with Gasteiger partial charge in [0.2, 0.25) is 5.91 Å². The van der Waals surface area contributed by atoms with Crippen molar-refractivity contribution >= 4 is 45.1 Å². The van der Waals surface area contributed by atoms with E-state index in [4.69, 9.17) is 4.74 Å². The minimum atomic E-state index is -0.326. The quantitative estimate of drug-likeness (QED) is 0.476. The Morgan fingerprint density at radius 2 is 2.00 bits per heavy atom. The predicted octanol–water partition coefficient (Wildman–Crippen LogP) is 3.84. The van der Waals surface area contributed by atoms with Crippen molar-refractivity contribution in [1.82, 2.24) is 4.57 Å². The monoisotopic (exact) mass is 409 g/mol. The number of anilines is 1. The topological polar surface area (TPSA) is 72.7 Å². The molecule has 3 rings (SSSR count). The summed E-state index contributed by atoms with van der Waals surface area (Å²) < 4.78 is 8.39. The SMILES string of the molecule is CCOCCn1c(=NC(=O)/C=C/c2ccccc2)sc2cc(NC(C)=O)ccc21. The molecule has 0 unspecified atom stereocenters. The van der Waals surface area contributed by atoms with Gasteiger partial charge in [0.1, 0.15) is 0 Å². The van der Waals surface area contributed by atoms with Gasteiger partial charge >= 0.3 is 0 Å². The molecule has 6 nitrogen and oxygen atoms in total. The fourth-order valence-corrected chi connectivity index (χ4v) is 3.92. The van der Waals surface area contributed by atoms with Crippen LogP contribution in [0.1, 0.15) is 19.4 Å². The molecule has 0 atom stereocenters. The van der Waals surface area contributed by atoms with Crippen LogP contribution < -0.4 is 10.1 Å². The molecule has 0 aliphatic carbocycles. The van der Waals surface area contributed by atoms with Gasteiger partial charge in [-0.15, -0.1) is 0 Å². The Morgan fingerprint density at radius 3 is 2.72 bits per heavy atom. The summed E-state index contributed by atoms with van der Waals surface area (Å²) in [6.07, 6.45) is 3.22. The van der Waals surface area contributed by atoms with Gasteiger partial charge in [-0.3, -0.25) is 9.59 Å². The highest BCUT2D eigenvalue weighted by Gasteiger charge is 2.09. The average molecular weight is 410 g/mol. The van der Waals surface area contributed by atoms with Gasteiger partial charge in [0.05, 0.1) is 16.8 Å². The predicted molar refractivity (Wildman–Crippen MR) is 117 cm³/mol. The Kier molecular flexibility index (Phi) is 7.10. The molecule has 7 heteroatoms. The molecule has 0 saturated heterocycles. The highest BCUT2D eigenvalue weighted by molar-refractivity contribution is 7.16. The van der Waals surface area contributed by atoms with Crippen LogP contribution in [0, 0.1) is 0 Å². The van der Waals surface area contributed by atoms with Crippen LogP contribution in [0.2, 0.25) is 0 Å². The normalized spacial score (nSPS) is 12.0. The average Bonchev–Trinajstić information content (AvgIpc) is 3.03. The van der Waals surface area contributed by atoms with Gasteiger partial charge in [0.15, 0.2) is 4.80 Å². The minimum Gasteiger partial charge on any atom is -0.380 e. The van der Waals surface area contributed by atoms with Crippen LogP contribution in [0.15, 0.2) is 59.6 Å². The number of aromatic nitrogens is 1. The van der Waals surface area contributed by atoms with E-state index >= 15 is 0 Å². The van der Waals surface area contributed by atoms with Gasteiger partial charge in [-0.25, -0.2) is 0 Å². The van der Waals surface area contributed by atoms with Crippen LogP contribution in [0.3, 0.4) is 0 Å². The van der Waals surface area contributed by atoms with Crippen LogP contribution >= 0.6 is 11.3 Å². The Morgan fingerprint density at radius 1 is 1.21 bits per heavy atom. The first-order chi connectivity index (χ1) is 14.1. The second kappa shape index (κ2) is 9.95. The summed E-state index contributed by atoms with van der Waals surface area (Å²) >= 11 is 1.41. The number of fused-ring (bicyclic) bond motifs is 1. The number of thiazole rings is 1. The van der Waals surface area contributed by atoms with Crippen molar-refractivity contribution in [2.45, 2.75) is 20.4 Å². The molecule has 150 valence electrons. The fraction of sp³-hybridized carbons (Fsp3) is 0.227. The molecule has 0 saturated carbocycles. The van der Waals surface area contributed by atoms with Crippen LogP contribution in [0.4, 0.5) is 5.69 Å². The lowest BCUT2D eigenvalue weighted by atomic mass is 10.2. The molecule has 1 heterocycles. The highest BCUT2D eigenvalue weighted by atomic mass is 32.1. The molecule has 0 radical (unpaired) electrons. The van der Waals surface area contributed by atoms with E-state index in [9.17, 15) is 9.59 Å². The molecule has 1 N–H and O–H groups in total. The number of carbonyl (C=O) groups is 2. The zero-order valence-electron chi connectivity index (χ0n) is 16.4. The van der Waals surface area contributed by atoms with Crippen LogP contribution in [0.5, 0.6) is 0 Å². The Labute approximate surface area is 173 Å². The number of nitrogens with one attached hydrogen (secondary N) is 1. The first kappa shape index (κ1) is 20.7. The third-order valence-electron chi connectivity index (χ3n) is 4.09. The number of hydrogen-bond donors (Lipinski definition) is 1. The first-order valence-corrected chi connectivity index (χ1v) is 10.2. The minimum absolute atomic E-state index is 0.128. The van der Waals surface area contributed by atoms with Crippen molar-refractivity contribution < 1.29 is 14.3 Å². The Balaban J connectivity index is 1.95. The summed E-state index contributed by atoms with van der Waals surface area (Å²) in [6, 6.07) is 15.3. The van der Waals surface area contributed by atoms with Crippen LogP contribution in [-0.4, -0.2) is 29.6 Å². The van der Waals surface area contributed by atoms with Gasteiger partial charge in [-0.05, 0) is 36.8 Å². The summed E-state index contributed by atoms with van der Waals surface area (Å²) in [5, 5.41) is 2.78. The van der Waals surface area contributed by atoms with Gasteiger partial charge < -0.3 is 14.6 Å². The third kappa shape index (κ3) is 5.73. The largest absolute Gasteiger partial charge is 0.380 e. The molecule has 2 amide bonds. The first-order valence-electron chi connectivity index (χ1n) is 9.37. The van der Waals surface area contributed by atoms with E-state index in [-0.39, 0.29) is 11.8 Å². The zero-order chi connectivity index (χ0) is 20.6. The smallest absolute Gasteiger partial charge is 0.272 e. The molecular weight excluding hydrogens is 386 g/mol. The fourth-order valence-electron chi connectivity index (χ4n) is 2.82. The van der Waals surface area contributed by atoms with E-state index in [1.807, 2.05) is 60.0 Å². The van der Waals surface area contributed by atoms with E-state index < -0.39 is 0 Å². The zero-order valence-corrected chi connectivity index (χ0v) is 17.2. The molecule has 0 fully saturated rings. The number of amides is 2. The van der Waals surface area contributed by atoms with Crippen molar-refractivity contribution in [3.63, 3.8) is 0 Å². The maximum atomic E-state index is 12.4. The molecule has 0 spiro atoms. The van der Waals surface area contributed by atoms with Crippen molar-refractivity contribution in [3.05, 3.63) is 65.0 Å². The van der Waals surface area contributed by atoms with E-state index in [1.54, 1.807) is 6.08 Å². The van der Waals surface area contributed by atoms with Crippen molar-refractivity contribution in [2.24, 2.45) is 4.99 Å². The molecule has 0 aliphatic rings. The number of carbonyl (C=O) groups excluding carboxylic acids is 2. The molecule has 29 heavy (non-hydrogen) atoms. The lowest BCUT2D eigenvalue weighted by Gasteiger charge is -2.06. The van der Waals surface area contributed by atoms with Crippen molar-refractivity contribution in [3.8, 4) is 0 Å². The molecule has 2 aromatic carbocycles. The number of benzene rings is 2. The summed E-state index contributed by atoms with van der Waals surface area (Å²) in [4.78, 5) is 28.6. The lowest BCUT2D eigenvalue weighted by molar-refractivity contribution is -0.114. The number of hydrogen-bond acceptors (Lipinski definition) is 4. The standard InChI is InChI=1S/C22H23N3O3S/c1-3-28-14-13-25-19-11-10-18(23-16(2)26)15-20(19)29-22(25)24-21(27)12-9-17-7-5-4-6-8-17/h4-12,15H,3,13-14H2,1-2H3,(H,23,26)/b12-9+,24-22?. The number of rotatable bonds is 7. The summed E-state index contributed by atoms with van der Waals surface area (Å²) in [7, 11) is 0. The molecule has 0 aliphatic heterocycles. The second-order valence-corrected chi connectivity index (χ2v) is 7.30. The van der Waals surface area contributed by atoms with Crippen LogP contribution in [0.25, 0.3) is 16.3 Å². The van der Waals surface area contributed by atoms with E-state index in [1.165, 1.54) is 24.3 Å². The highest BCUT2D eigenvalue weighted by Crippen LogP contribution is 2.22. The van der Waals surface area contributed by atoms with Gasteiger partial charge in [-0.1, -0.05) is 41.7 Å². The maximum absolute atomic E-state index is 12.4. The van der Waals surface area contributed by atoms with E-state index in [0.29, 0.717) is 30.2 Å². The second-order valence-electron chi connectivity index (χ2n) is 6.29. The van der Waals surface area contributed by atoms with Gasteiger partial charge in [0, 0.05) is 31.8 Å². The van der Waals surface area contributed by atoms with Gasteiger partial charge in [0.25, 0.3) is 5.91 Å². The third-order valence-corrected chi connectivity index (χ3v) is 5.13. The summed E-state index contributed by atoms with van der Waals surface area (Å²) in [5.41, 5.74) is 2.60. The Bertz CT molecular complexity index is 1100. The summed E-state index contributed by atoms with van der Waals surface area (Å²) in [6.45, 7) is 5.15. The van der Waals surface area contributed by atoms with E-state index in [0.717, 1.165) is 15.8 Å². The molecule has 1 aromatic heterocycles. The maximum Gasteiger partial charge on any atom is 0.272 e. The number of ether oxygens (including phenoxy) is 1. The summed E-state index contributed by atoms with van der Waals surface area (Å²) in [5.74, 6) is -0.455. The molecule has 3 aromatic rings. The van der Waals surface area contributed by atoms with Crippen molar-refractivity contribution in [2.75, 3.05) is 18.5 Å². The lowest BCUT2D eigenvalue weighted by Crippen LogP contribution is -2.19. The number of nitrogens with zero attached hydrogens (tertiary/aromatic N) is 2. The Hall–Kier alpha value is -3.03. The van der Waals surface area contributed by atoms with Gasteiger partial charge in [-0.2, -0.15) is 4.99 Å².